The van der Waals surface area contributed by atoms with Gasteiger partial charge in [0.05, 0.1) is 20.8 Å². The van der Waals surface area contributed by atoms with E-state index in [0.717, 1.165) is 0 Å². The lowest BCUT2D eigenvalue weighted by molar-refractivity contribution is -0.117. The molecule has 2 aromatic rings. The van der Waals surface area contributed by atoms with Gasteiger partial charge in [0.2, 0.25) is 5.91 Å². The van der Waals surface area contributed by atoms with Crippen molar-refractivity contribution in [2.75, 3.05) is 33.1 Å². The minimum Gasteiger partial charge on any atom is -0.493 e. The predicted molar refractivity (Wildman–Crippen MR) is 95.6 cm³/mol. The Kier molecular flexibility index (Phi) is 6.36. The van der Waals surface area contributed by atoms with Crippen LogP contribution in [0.5, 0.6) is 11.5 Å². The van der Waals surface area contributed by atoms with E-state index in [1.165, 1.54) is 13.2 Å². The number of nitrogens with zero attached hydrogens (tertiary/aromatic N) is 1. The number of halogens is 1. The van der Waals surface area contributed by atoms with E-state index in [9.17, 15) is 9.18 Å². The summed E-state index contributed by atoms with van der Waals surface area (Å²) in [5, 5.41) is 2.81. The van der Waals surface area contributed by atoms with Gasteiger partial charge in [0.1, 0.15) is 5.82 Å². The molecule has 0 heterocycles. The number of rotatable bonds is 7. The zero-order valence-electron chi connectivity index (χ0n) is 14.9. The fourth-order valence-corrected chi connectivity index (χ4v) is 2.53. The van der Waals surface area contributed by atoms with Crippen molar-refractivity contribution in [1.82, 2.24) is 4.90 Å². The Bertz CT molecular complexity index is 736. The molecular formula is C19H23FN2O3. The van der Waals surface area contributed by atoms with Gasteiger partial charge in [-0.3, -0.25) is 9.69 Å². The standard InChI is InChI=1S/C19H23FN2O3/c1-13(15-7-5-6-8-16(15)20)22(2)12-19(23)21-14-9-10-17(24-3)18(11-14)25-4/h5-11,13H,12H2,1-4H3,(H,21,23). The lowest BCUT2D eigenvalue weighted by Crippen LogP contribution is -2.32. The van der Waals surface area contributed by atoms with Crippen molar-refractivity contribution >= 4 is 11.6 Å². The van der Waals surface area contributed by atoms with Crippen molar-refractivity contribution in [3.63, 3.8) is 0 Å². The highest BCUT2D eigenvalue weighted by Gasteiger charge is 2.18. The van der Waals surface area contributed by atoms with Crippen LogP contribution in [0, 0.1) is 5.82 Å². The molecule has 6 heteroatoms. The molecule has 0 spiro atoms. The predicted octanol–water partition coefficient (Wildman–Crippen LogP) is 3.47. The van der Waals surface area contributed by atoms with Gasteiger partial charge in [-0.2, -0.15) is 0 Å². The van der Waals surface area contributed by atoms with Crippen LogP contribution in [0.2, 0.25) is 0 Å². The second-order valence-corrected chi connectivity index (χ2v) is 5.73. The van der Waals surface area contributed by atoms with E-state index < -0.39 is 0 Å². The fraction of sp³-hybridized carbons (Fsp3) is 0.316. The normalized spacial score (nSPS) is 11.9. The lowest BCUT2D eigenvalue weighted by Gasteiger charge is -2.24. The molecule has 0 radical (unpaired) electrons. The summed E-state index contributed by atoms with van der Waals surface area (Å²) in [7, 11) is 4.87. The molecule has 134 valence electrons. The highest BCUT2D eigenvalue weighted by molar-refractivity contribution is 5.92. The molecular weight excluding hydrogens is 323 g/mol. The van der Waals surface area contributed by atoms with E-state index in [1.807, 2.05) is 6.92 Å². The molecule has 0 saturated carbocycles. The molecule has 2 aromatic carbocycles. The number of carbonyl (C=O) groups excluding carboxylic acids is 1. The quantitative estimate of drug-likeness (QED) is 0.834. The van der Waals surface area contributed by atoms with Gasteiger partial charge in [0, 0.05) is 23.4 Å². The first-order valence-corrected chi connectivity index (χ1v) is 7.92. The molecule has 1 amide bonds. The number of nitrogens with one attached hydrogen (secondary N) is 1. The summed E-state index contributed by atoms with van der Waals surface area (Å²) in [6.45, 7) is 1.99. The highest BCUT2D eigenvalue weighted by Crippen LogP contribution is 2.29. The molecule has 5 nitrogen and oxygen atoms in total. The monoisotopic (exact) mass is 346 g/mol. The van der Waals surface area contributed by atoms with Crippen molar-refractivity contribution in [3.8, 4) is 11.5 Å². The molecule has 0 aliphatic carbocycles. The number of hydrogen-bond acceptors (Lipinski definition) is 4. The molecule has 25 heavy (non-hydrogen) atoms. The third-order valence-electron chi connectivity index (χ3n) is 4.08. The zero-order valence-corrected chi connectivity index (χ0v) is 14.9. The van der Waals surface area contributed by atoms with Crippen molar-refractivity contribution in [3.05, 3.63) is 53.8 Å². The summed E-state index contributed by atoms with van der Waals surface area (Å²) in [6, 6.07) is 11.5. The van der Waals surface area contributed by atoms with Crippen LogP contribution in [0.15, 0.2) is 42.5 Å². The van der Waals surface area contributed by atoms with Gasteiger partial charge in [-0.1, -0.05) is 18.2 Å². The average Bonchev–Trinajstić information content (AvgIpc) is 2.61. The fourth-order valence-electron chi connectivity index (χ4n) is 2.53. The summed E-state index contributed by atoms with van der Waals surface area (Å²) in [5.74, 6) is 0.652. The molecule has 0 aliphatic heterocycles. The Morgan fingerprint density at radius 3 is 2.48 bits per heavy atom. The topological polar surface area (TPSA) is 50.8 Å². The van der Waals surface area contributed by atoms with E-state index in [-0.39, 0.29) is 24.3 Å². The minimum absolute atomic E-state index is 0.129. The maximum absolute atomic E-state index is 13.9. The number of methoxy groups -OCH3 is 2. The van der Waals surface area contributed by atoms with Gasteiger partial charge in [0.15, 0.2) is 11.5 Å². The van der Waals surface area contributed by atoms with Gasteiger partial charge in [-0.15, -0.1) is 0 Å². The van der Waals surface area contributed by atoms with Gasteiger partial charge in [-0.25, -0.2) is 4.39 Å². The van der Waals surface area contributed by atoms with Crippen LogP contribution in [0.4, 0.5) is 10.1 Å². The molecule has 0 aromatic heterocycles. The second kappa shape index (κ2) is 8.48. The van der Waals surface area contributed by atoms with E-state index in [0.29, 0.717) is 22.7 Å². The first kappa shape index (κ1) is 18.7. The smallest absolute Gasteiger partial charge is 0.238 e. The number of anilines is 1. The van der Waals surface area contributed by atoms with Gasteiger partial charge in [0.25, 0.3) is 0 Å². The van der Waals surface area contributed by atoms with Crippen molar-refractivity contribution in [2.24, 2.45) is 0 Å². The van der Waals surface area contributed by atoms with Crippen molar-refractivity contribution in [1.29, 1.82) is 0 Å². The number of benzene rings is 2. The second-order valence-electron chi connectivity index (χ2n) is 5.73. The first-order valence-electron chi connectivity index (χ1n) is 7.92. The van der Waals surface area contributed by atoms with Crippen LogP contribution in [-0.4, -0.2) is 38.6 Å². The third kappa shape index (κ3) is 4.70. The number of likely N-dealkylation sites (N-methyl/N-ethyl adjacent to an activating group) is 1. The summed E-state index contributed by atoms with van der Waals surface area (Å²) >= 11 is 0. The molecule has 2 rings (SSSR count). The average molecular weight is 346 g/mol. The molecule has 1 atom stereocenters. The first-order chi connectivity index (χ1) is 12.0. The van der Waals surface area contributed by atoms with Gasteiger partial charge < -0.3 is 14.8 Å². The summed E-state index contributed by atoms with van der Waals surface area (Å²) in [6.07, 6.45) is 0. The van der Waals surface area contributed by atoms with E-state index in [2.05, 4.69) is 5.32 Å². The van der Waals surface area contributed by atoms with Crippen LogP contribution >= 0.6 is 0 Å². The van der Waals surface area contributed by atoms with Crippen LogP contribution in [0.25, 0.3) is 0 Å². The highest BCUT2D eigenvalue weighted by atomic mass is 19.1. The zero-order chi connectivity index (χ0) is 18.4. The summed E-state index contributed by atoms with van der Waals surface area (Å²) < 4.78 is 24.3. The Balaban J connectivity index is 2.01. The van der Waals surface area contributed by atoms with Crippen LogP contribution in [-0.2, 0) is 4.79 Å². The molecule has 0 fully saturated rings. The largest absolute Gasteiger partial charge is 0.493 e. The van der Waals surface area contributed by atoms with Crippen molar-refractivity contribution < 1.29 is 18.7 Å². The summed E-state index contributed by atoms with van der Waals surface area (Å²) in [4.78, 5) is 14.1. The number of ether oxygens (including phenoxy) is 2. The number of carbonyl (C=O) groups is 1. The molecule has 0 saturated heterocycles. The third-order valence-corrected chi connectivity index (χ3v) is 4.08. The van der Waals surface area contributed by atoms with E-state index in [4.69, 9.17) is 9.47 Å². The van der Waals surface area contributed by atoms with Crippen LogP contribution in [0.3, 0.4) is 0 Å². The van der Waals surface area contributed by atoms with Crippen LogP contribution in [0.1, 0.15) is 18.5 Å². The SMILES string of the molecule is COc1ccc(NC(=O)CN(C)C(C)c2ccccc2F)cc1OC. The summed E-state index contributed by atoms with van der Waals surface area (Å²) in [5.41, 5.74) is 1.17. The maximum atomic E-state index is 13.9. The Labute approximate surface area is 147 Å². The lowest BCUT2D eigenvalue weighted by atomic mass is 10.1. The van der Waals surface area contributed by atoms with Gasteiger partial charge in [-0.05, 0) is 32.2 Å². The minimum atomic E-state index is -0.276. The van der Waals surface area contributed by atoms with Gasteiger partial charge >= 0.3 is 0 Å². The Morgan fingerprint density at radius 2 is 1.84 bits per heavy atom. The van der Waals surface area contributed by atoms with Crippen LogP contribution < -0.4 is 14.8 Å². The number of hydrogen-bond donors (Lipinski definition) is 1. The molecule has 0 aliphatic rings. The van der Waals surface area contributed by atoms with Crippen molar-refractivity contribution in [2.45, 2.75) is 13.0 Å². The Hall–Kier alpha value is -2.60. The van der Waals surface area contributed by atoms with E-state index >= 15 is 0 Å². The number of amides is 1. The molecule has 1 N–H and O–H groups in total. The molecule has 0 bridgehead atoms. The molecule has 1 unspecified atom stereocenters. The van der Waals surface area contributed by atoms with E-state index in [1.54, 1.807) is 55.5 Å². The maximum Gasteiger partial charge on any atom is 0.238 e. The Morgan fingerprint density at radius 1 is 1.16 bits per heavy atom.